The van der Waals surface area contributed by atoms with E-state index in [0.29, 0.717) is 25.9 Å². The Labute approximate surface area is 214 Å². The monoisotopic (exact) mass is 528 g/mol. The van der Waals surface area contributed by atoms with E-state index < -0.39 is 47.9 Å². The van der Waals surface area contributed by atoms with E-state index in [-0.39, 0.29) is 42.5 Å². The number of nitrogens with zero attached hydrogens (tertiary/aromatic N) is 3. The van der Waals surface area contributed by atoms with Gasteiger partial charge < -0.3 is 25.8 Å². The number of likely N-dealkylation sites (tertiary alicyclic amines) is 1. The molecule has 3 fully saturated rings. The summed E-state index contributed by atoms with van der Waals surface area (Å²) in [4.78, 5) is 53.5. The molecule has 0 radical (unpaired) electrons. The molecule has 2 saturated heterocycles. The van der Waals surface area contributed by atoms with E-state index in [4.69, 9.17) is 0 Å². The Balaban J connectivity index is 1.77. The number of piperidine rings is 1. The maximum absolute atomic E-state index is 13.5. The quantitative estimate of drug-likeness (QED) is 0.376. The summed E-state index contributed by atoms with van der Waals surface area (Å²) in [6.45, 7) is 5.07. The zero-order valence-corrected chi connectivity index (χ0v) is 21.5. The summed E-state index contributed by atoms with van der Waals surface area (Å²) in [7, 11) is 3.56. The van der Waals surface area contributed by atoms with Crippen molar-refractivity contribution in [1.29, 1.82) is 5.26 Å². The predicted molar refractivity (Wildman–Crippen MR) is 125 cm³/mol. The third kappa shape index (κ3) is 6.34. The second kappa shape index (κ2) is 10.8. The van der Waals surface area contributed by atoms with Gasteiger partial charge in [-0.05, 0) is 63.6 Å². The summed E-state index contributed by atoms with van der Waals surface area (Å²) >= 11 is 0. The molecule has 0 aromatic rings. The molecule has 4 amide bonds. The van der Waals surface area contributed by atoms with Crippen LogP contribution in [0.15, 0.2) is 0 Å². The van der Waals surface area contributed by atoms with Crippen molar-refractivity contribution in [3.63, 3.8) is 0 Å². The predicted octanol–water partition coefficient (Wildman–Crippen LogP) is 0.393. The Bertz CT molecular complexity index is 963. The van der Waals surface area contributed by atoms with Gasteiger partial charge in [0, 0.05) is 19.0 Å². The van der Waals surface area contributed by atoms with Crippen molar-refractivity contribution in [2.75, 3.05) is 33.7 Å². The summed E-state index contributed by atoms with van der Waals surface area (Å²) in [5.41, 5.74) is -0.262. The Kier molecular flexibility index (Phi) is 8.41. The molecule has 0 bridgehead atoms. The van der Waals surface area contributed by atoms with Crippen molar-refractivity contribution in [1.82, 2.24) is 25.8 Å². The Hall–Kier alpha value is -2.88. The number of hydrogen-bond donors (Lipinski definition) is 3. The maximum Gasteiger partial charge on any atom is 0.471 e. The number of alkyl halides is 3. The highest BCUT2D eigenvalue weighted by atomic mass is 19.4. The first kappa shape index (κ1) is 28.7. The molecule has 0 aromatic heterocycles. The number of rotatable bonds is 10. The van der Waals surface area contributed by atoms with Crippen molar-refractivity contribution < 1.29 is 32.3 Å². The summed E-state index contributed by atoms with van der Waals surface area (Å²) in [6.07, 6.45) is -4.16. The van der Waals surface area contributed by atoms with Crippen LogP contribution in [-0.2, 0) is 19.2 Å². The molecule has 0 aromatic carbocycles. The van der Waals surface area contributed by atoms with Crippen molar-refractivity contribution >= 4 is 23.6 Å². The minimum atomic E-state index is -5.15. The van der Waals surface area contributed by atoms with Gasteiger partial charge in [0.05, 0.1) is 6.07 Å². The molecule has 2 heterocycles. The van der Waals surface area contributed by atoms with Crippen LogP contribution in [0.4, 0.5) is 13.2 Å². The van der Waals surface area contributed by atoms with Crippen LogP contribution in [0.5, 0.6) is 0 Å². The van der Waals surface area contributed by atoms with E-state index in [9.17, 15) is 37.6 Å². The zero-order valence-electron chi connectivity index (χ0n) is 21.5. The van der Waals surface area contributed by atoms with Crippen LogP contribution in [0, 0.1) is 34.5 Å². The minimum Gasteiger partial charge on any atom is -0.356 e. The lowest BCUT2D eigenvalue weighted by atomic mass is 9.97. The molecule has 3 rings (SSSR count). The first-order valence-electron chi connectivity index (χ1n) is 12.5. The SMILES string of the molecule is CN(C)CCC[C@H](NC(=O)C(F)(F)F)C(=O)N1C[C@H]2[C@@H]([C@H]1C(=O)N[C@H](C#N)C[C@@H]1CCNC1=O)C2(C)C. The average Bonchev–Trinajstić information content (AvgIpc) is 3.16. The van der Waals surface area contributed by atoms with Gasteiger partial charge in [-0.15, -0.1) is 0 Å². The molecule has 3 N–H and O–H groups in total. The Morgan fingerprint density at radius 1 is 1.27 bits per heavy atom. The summed E-state index contributed by atoms with van der Waals surface area (Å²) < 4.78 is 39.0. The lowest BCUT2D eigenvalue weighted by Gasteiger charge is -2.33. The highest BCUT2D eigenvalue weighted by molar-refractivity contribution is 5.94. The van der Waals surface area contributed by atoms with Crippen molar-refractivity contribution in [3.05, 3.63) is 0 Å². The maximum atomic E-state index is 13.5. The van der Waals surface area contributed by atoms with Gasteiger partial charge in [-0.25, -0.2) is 0 Å². The molecule has 1 aliphatic carbocycles. The molecule has 0 unspecified atom stereocenters. The molecule has 206 valence electrons. The summed E-state index contributed by atoms with van der Waals surface area (Å²) in [5, 5.41) is 16.7. The van der Waals surface area contributed by atoms with E-state index >= 15 is 0 Å². The van der Waals surface area contributed by atoms with Gasteiger partial charge >= 0.3 is 12.1 Å². The van der Waals surface area contributed by atoms with Crippen LogP contribution in [-0.4, -0.2) is 91.5 Å². The molecule has 6 atom stereocenters. The van der Waals surface area contributed by atoms with Gasteiger partial charge in [-0.1, -0.05) is 13.8 Å². The second-order valence-corrected chi connectivity index (χ2v) is 11.1. The van der Waals surface area contributed by atoms with Gasteiger partial charge in [0.2, 0.25) is 17.7 Å². The lowest BCUT2D eigenvalue weighted by Crippen LogP contribution is -2.58. The number of carbonyl (C=O) groups excluding carboxylic acids is 4. The van der Waals surface area contributed by atoms with E-state index in [0.717, 1.165) is 0 Å². The average molecular weight is 529 g/mol. The first-order chi connectivity index (χ1) is 17.2. The number of hydrogen-bond acceptors (Lipinski definition) is 6. The number of halogens is 3. The van der Waals surface area contributed by atoms with Crippen LogP contribution in [0.1, 0.15) is 39.5 Å². The van der Waals surface area contributed by atoms with Crippen molar-refractivity contribution in [3.8, 4) is 6.07 Å². The molecule has 2 aliphatic heterocycles. The highest BCUT2D eigenvalue weighted by Crippen LogP contribution is 2.64. The highest BCUT2D eigenvalue weighted by Gasteiger charge is 2.69. The first-order valence-corrected chi connectivity index (χ1v) is 12.5. The molecule has 13 heteroatoms. The third-order valence-electron chi connectivity index (χ3n) is 7.87. The van der Waals surface area contributed by atoms with Crippen LogP contribution < -0.4 is 16.0 Å². The normalized spacial score (nSPS) is 27.6. The number of fused-ring (bicyclic) bond motifs is 1. The molecule has 0 spiro atoms. The second-order valence-electron chi connectivity index (χ2n) is 11.1. The van der Waals surface area contributed by atoms with E-state index in [1.807, 2.05) is 30.1 Å². The Morgan fingerprint density at radius 3 is 2.49 bits per heavy atom. The Morgan fingerprint density at radius 2 is 1.95 bits per heavy atom. The van der Waals surface area contributed by atoms with Crippen LogP contribution >= 0.6 is 0 Å². The van der Waals surface area contributed by atoms with Crippen LogP contribution in [0.25, 0.3) is 0 Å². The number of nitrogens with one attached hydrogen (secondary N) is 3. The third-order valence-corrected chi connectivity index (χ3v) is 7.87. The molecule has 1 saturated carbocycles. The van der Waals surface area contributed by atoms with Crippen LogP contribution in [0.2, 0.25) is 0 Å². The van der Waals surface area contributed by atoms with Gasteiger partial charge in [-0.3, -0.25) is 19.2 Å². The summed E-state index contributed by atoms with van der Waals surface area (Å²) in [6, 6.07) is -1.39. The number of nitriles is 1. The fourth-order valence-electron chi connectivity index (χ4n) is 5.68. The lowest BCUT2D eigenvalue weighted by molar-refractivity contribution is -0.175. The number of carbonyl (C=O) groups is 4. The molecular weight excluding hydrogens is 493 g/mol. The zero-order chi connectivity index (χ0) is 27.7. The summed E-state index contributed by atoms with van der Waals surface area (Å²) in [5.74, 6) is -4.39. The van der Waals surface area contributed by atoms with E-state index in [2.05, 4.69) is 10.6 Å². The largest absolute Gasteiger partial charge is 0.471 e. The fourth-order valence-corrected chi connectivity index (χ4v) is 5.68. The molecule has 37 heavy (non-hydrogen) atoms. The smallest absolute Gasteiger partial charge is 0.356 e. The van der Waals surface area contributed by atoms with Crippen LogP contribution in [0.3, 0.4) is 0 Å². The van der Waals surface area contributed by atoms with E-state index in [1.165, 1.54) is 4.90 Å². The molecular formula is C24H35F3N6O4. The van der Waals surface area contributed by atoms with Gasteiger partial charge in [0.1, 0.15) is 18.1 Å². The standard InChI is InChI=1S/C24H35F3N6O4/c1-23(2)15-12-33(21(36)16(6-5-9-32(3)4)31-22(37)24(25,26)27)18(17(15)23)20(35)30-14(11-28)10-13-7-8-29-19(13)34/h13-18H,5-10,12H2,1-4H3,(H,29,34)(H,30,35)(H,31,37)/t13-,14-,15-,16-,17-,18-/m0/s1. The molecule has 3 aliphatic rings. The number of amides is 4. The van der Waals surface area contributed by atoms with E-state index in [1.54, 1.807) is 14.1 Å². The molecule has 10 nitrogen and oxygen atoms in total. The van der Waals surface area contributed by atoms with Crippen molar-refractivity contribution in [2.45, 2.75) is 63.8 Å². The topological polar surface area (TPSA) is 135 Å². The van der Waals surface area contributed by atoms with Crippen molar-refractivity contribution in [2.24, 2.45) is 23.2 Å². The van der Waals surface area contributed by atoms with Gasteiger partial charge in [-0.2, -0.15) is 18.4 Å². The van der Waals surface area contributed by atoms with Gasteiger partial charge in [0.15, 0.2) is 0 Å². The fraction of sp³-hybridized carbons (Fsp3) is 0.792. The minimum absolute atomic E-state index is 0.0278. The van der Waals surface area contributed by atoms with Gasteiger partial charge in [0.25, 0.3) is 0 Å².